The zero-order valence-corrected chi connectivity index (χ0v) is 15.4. The Morgan fingerprint density at radius 1 is 1.18 bits per heavy atom. The Morgan fingerprint density at radius 2 is 1.89 bits per heavy atom. The minimum Gasteiger partial charge on any atom is -0.340 e. The van der Waals surface area contributed by atoms with Gasteiger partial charge in [-0.2, -0.15) is 18.0 Å². The zero-order valence-electron chi connectivity index (χ0n) is 14.7. The van der Waals surface area contributed by atoms with Crippen LogP contribution in [0.3, 0.4) is 0 Å². The monoisotopic (exact) mass is 409 g/mol. The summed E-state index contributed by atoms with van der Waals surface area (Å²) in [6.45, 7) is 0.182. The molecule has 1 amide bonds. The van der Waals surface area contributed by atoms with Gasteiger partial charge in [0.15, 0.2) is 0 Å². The van der Waals surface area contributed by atoms with Crippen molar-refractivity contribution in [3.05, 3.63) is 64.7 Å². The van der Waals surface area contributed by atoms with Crippen LogP contribution in [-0.2, 0) is 24.1 Å². The fourth-order valence-electron chi connectivity index (χ4n) is 2.45. The summed E-state index contributed by atoms with van der Waals surface area (Å²) in [5.74, 6) is -0.262. The number of benzene rings is 2. The highest BCUT2D eigenvalue weighted by atomic mass is 35.5. The molecule has 0 saturated carbocycles. The van der Waals surface area contributed by atoms with Crippen LogP contribution < -0.4 is 0 Å². The first-order chi connectivity index (χ1) is 13.2. The van der Waals surface area contributed by atoms with Crippen LogP contribution in [0.5, 0.6) is 0 Å². The summed E-state index contributed by atoms with van der Waals surface area (Å²) in [4.78, 5) is 14.9. The second-order valence-electron chi connectivity index (χ2n) is 6.10. The van der Waals surface area contributed by atoms with Gasteiger partial charge in [0.25, 0.3) is 0 Å². The van der Waals surface area contributed by atoms with Gasteiger partial charge in [0.05, 0.1) is 5.56 Å². The quantitative estimate of drug-likeness (QED) is 0.645. The van der Waals surface area contributed by atoms with Gasteiger partial charge < -0.3 is 4.90 Å². The Balaban J connectivity index is 1.67. The van der Waals surface area contributed by atoms with E-state index in [0.29, 0.717) is 11.6 Å². The van der Waals surface area contributed by atoms with E-state index in [0.717, 1.165) is 22.5 Å². The molecule has 0 aliphatic rings. The molecule has 0 radical (unpaired) electrons. The van der Waals surface area contributed by atoms with Crippen LogP contribution in [-0.4, -0.2) is 38.1 Å². The van der Waals surface area contributed by atoms with Gasteiger partial charge >= 0.3 is 6.18 Å². The second kappa shape index (κ2) is 7.97. The molecular weight excluding hydrogens is 395 g/mol. The van der Waals surface area contributed by atoms with Gasteiger partial charge in [0.2, 0.25) is 11.7 Å². The van der Waals surface area contributed by atoms with Crippen molar-refractivity contribution in [2.45, 2.75) is 19.3 Å². The third-order valence-corrected chi connectivity index (χ3v) is 4.19. The summed E-state index contributed by atoms with van der Waals surface area (Å²) in [5.41, 5.74) is 0.264. The summed E-state index contributed by atoms with van der Waals surface area (Å²) in [7, 11) is 1.63. The van der Waals surface area contributed by atoms with E-state index in [1.807, 2.05) is 12.1 Å². The van der Waals surface area contributed by atoms with Gasteiger partial charge in [0, 0.05) is 24.2 Å². The first-order valence-electron chi connectivity index (χ1n) is 8.16. The molecule has 0 aliphatic carbocycles. The molecule has 1 heterocycles. The summed E-state index contributed by atoms with van der Waals surface area (Å²) in [6, 6.07) is 11.7. The Morgan fingerprint density at radius 3 is 2.57 bits per heavy atom. The maximum absolute atomic E-state index is 12.8. The van der Waals surface area contributed by atoms with E-state index in [2.05, 4.69) is 15.4 Å². The number of carbonyl (C=O) groups excluding carboxylic acids is 1. The minimum absolute atomic E-state index is 0.0132. The molecule has 28 heavy (non-hydrogen) atoms. The van der Waals surface area contributed by atoms with Crippen LogP contribution in [0, 0.1) is 0 Å². The Labute approximate surface area is 163 Å². The Kier molecular flexibility index (Phi) is 5.64. The van der Waals surface area contributed by atoms with Crippen LogP contribution >= 0.6 is 11.6 Å². The van der Waals surface area contributed by atoms with Crippen LogP contribution in [0.1, 0.15) is 11.1 Å². The van der Waals surface area contributed by atoms with Crippen molar-refractivity contribution in [2.24, 2.45) is 0 Å². The molecule has 0 unspecified atom stereocenters. The van der Waals surface area contributed by atoms with Crippen molar-refractivity contribution in [1.29, 1.82) is 0 Å². The highest BCUT2D eigenvalue weighted by molar-refractivity contribution is 6.30. The fraction of sp³-hybridized carbons (Fsp3) is 0.222. The van der Waals surface area contributed by atoms with Gasteiger partial charge in [-0.15, -0.1) is 10.2 Å². The molecule has 0 bridgehead atoms. The number of hydrogen-bond acceptors (Lipinski definition) is 4. The largest absolute Gasteiger partial charge is 0.416 e. The average Bonchev–Trinajstić information content (AvgIpc) is 3.11. The molecule has 10 heteroatoms. The second-order valence-corrected chi connectivity index (χ2v) is 6.53. The first-order valence-corrected chi connectivity index (χ1v) is 8.54. The third kappa shape index (κ3) is 4.86. The van der Waals surface area contributed by atoms with Crippen LogP contribution in [0.2, 0.25) is 5.02 Å². The van der Waals surface area contributed by atoms with Crippen molar-refractivity contribution in [3.63, 3.8) is 0 Å². The topological polar surface area (TPSA) is 63.9 Å². The van der Waals surface area contributed by atoms with Crippen molar-refractivity contribution in [3.8, 4) is 11.4 Å². The predicted octanol–water partition coefficient (Wildman–Crippen LogP) is 3.67. The van der Waals surface area contributed by atoms with Crippen molar-refractivity contribution < 1.29 is 18.0 Å². The summed E-state index contributed by atoms with van der Waals surface area (Å²) in [6.07, 6.45) is -4.47. The van der Waals surface area contributed by atoms with Crippen molar-refractivity contribution in [1.82, 2.24) is 25.1 Å². The normalized spacial score (nSPS) is 11.5. The standard InChI is InChI=1S/C18H15ClF3N5O/c1-26(10-12-5-7-15(19)8-6-12)16(28)11-27-24-17(23-25-27)13-3-2-4-14(9-13)18(20,21)22/h2-9H,10-11H2,1H3. The Bertz CT molecular complexity index is 972. The maximum Gasteiger partial charge on any atom is 0.416 e. The number of tetrazole rings is 1. The number of hydrogen-bond donors (Lipinski definition) is 0. The molecule has 3 aromatic rings. The van der Waals surface area contributed by atoms with E-state index in [1.165, 1.54) is 17.0 Å². The SMILES string of the molecule is CN(Cc1ccc(Cl)cc1)C(=O)Cn1nnc(-c2cccc(C(F)(F)F)c2)n1. The lowest BCUT2D eigenvalue weighted by Gasteiger charge is -2.16. The highest BCUT2D eigenvalue weighted by Gasteiger charge is 2.30. The van der Waals surface area contributed by atoms with Crippen molar-refractivity contribution in [2.75, 3.05) is 7.05 Å². The van der Waals surface area contributed by atoms with E-state index in [1.54, 1.807) is 19.2 Å². The van der Waals surface area contributed by atoms with Crippen LogP contribution in [0.15, 0.2) is 48.5 Å². The van der Waals surface area contributed by atoms with Crippen LogP contribution in [0.25, 0.3) is 11.4 Å². The zero-order chi connectivity index (χ0) is 20.3. The molecule has 1 aromatic heterocycles. The molecule has 0 fully saturated rings. The molecule has 0 spiro atoms. The van der Waals surface area contributed by atoms with E-state index in [-0.39, 0.29) is 23.8 Å². The first kappa shape index (κ1) is 19.8. The number of aromatic nitrogens is 4. The molecule has 0 N–H and O–H groups in total. The third-order valence-electron chi connectivity index (χ3n) is 3.94. The number of carbonyl (C=O) groups is 1. The Hall–Kier alpha value is -2.94. The summed E-state index contributed by atoms with van der Waals surface area (Å²) in [5, 5.41) is 12.1. The predicted molar refractivity (Wildman–Crippen MR) is 96.2 cm³/mol. The summed E-state index contributed by atoms with van der Waals surface area (Å²) >= 11 is 5.84. The maximum atomic E-state index is 12.8. The average molecular weight is 410 g/mol. The highest BCUT2D eigenvalue weighted by Crippen LogP contribution is 2.31. The van der Waals surface area contributed by atoms with Gasteiger partial charge in [-0.3, -0.25) is 4.79 Å². The molecule has 3 rings (SSSR count). The lowest BCUT2D eigenvalue weighted by molar-refractivity contribution is -0.137. The molecule has 6 nitrogen and oxygen atoms in total. The fourth-order valence-corrected chi connectivity index (χ4v) is 2.58. The number of amides is 1. The van der Waals surface area contributed by atoms with Gasteiger partial charge in [-0.25, -0.2) is 0 Å². The van der Waals surface area contributed by atoms with Gasteiger partial charge in [-0.05, 0) is 35.0 Å². The number of nitrogens with zero attached hydrogens (tertiary/aromatic N) is 5. The van der Waals surface area contributed by atoms with E-state index >= 15 is 0 Å². The van der Waals surface area contributed by atoms with E-state index < -0.39 is 11.7 Å². The smallest absolute Gasteiger partial charge is 0.340 e. The number of halogens is 4. The molecule has 0 atom stereocenters. The number of likely N-dealkylation sites (N-methyl/N-ethyl adjacent to an activating group) is 1. The summed E-state index contributed by atoms with van der Waals surface area (Å²) < 4.78 is 38.5. The molecule has 0 saturated heterocycles. The number of alkyl halides is 3. The lowest BCUT2D eigenvalue weighted by atomic mass is 10.1. The van der Waals surface area contributed by atoms with Crippen molar-refractivity contribution >= 4 is 17.5 Å². The lowest BCUT2D eigenvalue weighted by Crippen LogP contribution is -2.30. The van der Waals surface area contributed by atoms with Gasteiger partial charge in [-0.1, -0.05) is 35.9 Å². The molecule has 2 aromatic carbocycles. The minimum atomic E-state index is -4.47. The van der Waals surface area contributed by atoms with Crippen LogP contribution in [0.4, 0.5) is 13.2 Å². The van der Waals surface area contributed by atoms with Gasteiger partial charge in [0.1, 0.15) is 6.54 Å². The molecular formula is C18H15ClF3N5O. The molecule has 0 aliphatic heterocycles. The number of rotatable bonds is 5. The van der Waals surface area contributed by atoms with E-state index in [4.69, 9.17) is 11.6 Å². The molecule has 146 valence electrons. The van der Waals surface area contributed by atoms with E-state index in [9.17, 15) is 18.0 Å².